The zero-order chi connectivity index (χ0) is 18.5. The largest absolute Gasteiger partial charge is 0.459 e. The lowest BCUT2D eigenvalue weighted by molar-refractivity contribution is -0.113. The molecule has 0 bridgehead atoms. The van der Waals surface area contributed by atoms with Crippen LogP contribution in [0.25, 0.3) is 0 Å². The molecular formula is C16H13ClN4O3S2. The third kappa shape index (κ3) is 4.84. The summed E-state index contributed by atoms with van der Waals surface area (Å²) in [6.07, 6.45) is 1.41. The fourth-order valence-corrected chi connectivity index (χ4v) is 3.61. The summed E-state index contributed by atoms with van der Waals surface area (Å²) in [6.45, 7) is 1.89. The second kappa shape index (κ2) is 8.35. The van der Waals surface area contributed by atoms with E-state index in [9.17, 15) is 9.59 Å². The molecule has 1 aromatic carbocycles. The van der Waals surface area contributed by atoms with Gasteiger partial charge >= 0.3 is 0 Å². The average Bonchev–Trinajstić information content (AvgIpc) is 3.28. The van der Waals surface area contributed by atoms with Crippen molar-refractivity contribution in [2.24, 2.45) is 0 Å². The van der Waals surface area contributed by atoms with E-state index in [2.05, 4.69) is 20.8 Å². The van der Waals surface area contributed by atoms with E-state index in [1.54, 1.807) is 24.3 Å². The number of nitrogens with zero attached hydrogens (tertiary/aromatic N) is 2. The molecule has 0 radical (unpaired) electrons. The van der Waals surface area contributed by atoms with Crippen molar-refractivity contribution >= 4 is 57.3 Å². The minimum absolute atomic E-state index is 0.159. The molecule has 2 N–H and O–H groups in total. The first-order valence-electron chi connectivity index (χ1n) is 7.38. The quantitative estimate of drug-likeness (QED) is 0.471. The van der Waals surface area contributed by atoms with Crippen LogP contribution in [0.4, 0.5) is 10.8 Å². The van der Waals surface area contributed by atoms with Crippen molar-refractivity contribution in [2.75, 3.05) is 16.4 Å². The number of furan rings is 1. The van der Waals surface area contributed by atoms with E-state index in [4.69, 9.17) is 16.0 Å². The molecule has 0 saturated carbocycles. The van der Waals surface area contributed by atoms with Crippen molar-refractivity contribution in [3.8, 4) is 0 Å². The number of hydrogen-bond donors (Lipinski definition) is 2. The van der Waals surface area contributed by atoms with Crippen molar-refractivity contribution in [3.63, 3.8) is 0 Å². The zero-order valence-corrected chi connectivity index (χ0v) is 15.9. The van der Waals surface area contributed by atoms with E-state index < -0.39 is 5.91 Å². The molecule has 0 fully saturated rings. The minimum atomic E-state index is -0.406. The van der Waals surface area contributed by atoms with Crippen molar-refractivity contribution in [2.45, 2.75) is 11.3 Å². The molecular weight excluding hydrogens is 396 g/mol. The Balaban J connectivity index is 1.50. The molecule has 2 aromatic heterocycles. The number of aromatic nitrogens is 2. The Kier molecular flexibility index (Phi) is 5.92. The maximum Gasteiger partial charge on any atom is 0.293 e. The molecule has 0 aliphatic rings. The molecule has 0 spiro atoms. The topological polar surface area (TPSA) is 97.1 Å². The van der Waals surface area contributed by atoms with Gasteiger partial charge in [-0.15, -0.1) is 10.2 Å². The van der Waals surface area contributed by atoms with Gasteiger partial charge in [0.1, 0.15) is 0 Å². The van der Waals surface area contributed by atoms with E-state index in [-0.39, 0.29) is 17.4 Å². The van der Waals surface area contributed by atoms with Crippen molar-refractivity contribution < 1.29 is 14.0 Å². The second-order valence-corrected chi connectivity index (χ2v) is 7.71. The molecule has 7 nitrogen and oxygen atoms in total. The van der Waals surface area contributed by atoms with Gasteiger partial charge in [-0.05, 0) is 36.8 Å². The van der Waals surface area contributed by atoms with Gasteiger partial charge in [-0.1, -0.05) is 40.8 Å². The number of halogens is 1. The first kappa shape index (κ1) is 18.4. The molecule has 0 aliphatic heterocycles. The summed E-state index contributed by atoms with van der Waals surface area (Å²) in [6, 6.07) is 8.50. The van der Waals surface area contributed by atoms with E-state index in [1.807, 2.05) is 13.0 Å². The van der Waals surface area contributed by atoms with Crippen LogP contribution in [-0.2, 0) is 4.79 Å². The Morgan fingerprint density at radius 3 is 2.85 bits per heavy atom. The van der Waals surface area contributed by atoms with Crippen LogP contribution in [0.3, 0.4) is 0 Å². The molecule has 0 unspecified atom stereocenters. The molecule has 26 heavy (non-hydrogen) atoms. The monoisotopic (exact) mass is 408 g/mol. The van der Waals surface area contributed by atoms with E-state index in [1.165, 1.54) is 29.4 Å². The number of carbonyl (C=O) groups excluding carboxylic acids is 2. The lowest BCUT2D eigenvalue weighted by Gasteiger charge is -2.05. The summed E-state index contributed by atoms with van der Waals surface area (Å²) in [5.74, 6) is -0.250. The Morgan fingerprint density at radius 1 is 1.27 bits per heavy atom. The third-order valence-corrected chi connectivity index (χ3v) is 5.53. The Hall–Kier alpha value is -2.36. The van der Waals surface area contributed by atoms with Crippen LogP contribution in [-0.4, -0.2) is 27.8 Å². The van der Waals surface area contributed by atoms with Crippen molar-refractivity contribution in [1.82, 2.24) is 10.2 Å². The number of rotatable bonds is 6. The Labute approximate surface area is 162 Å². The predicted octanol–water partition coefficient (Wildman–Crippen LogP) is 4.08. The average molecular weight is 409 g/mol. The van der Waals surface area contributed by atoms with Gasteiger partial charge in [0, 0.05) is 10.7 Å². The maximum absolute atomic E-state index is 12.0. The second-order valence-electron chi connectivity index (χ2n) is 5.11. The molecule has 3 rings (SSSR count). The number of nitrogens with one attached hydrogen (secondary N) is 2. The number of anilines is 2. The van der Waals surface area contributed by atoms with Crippen molar-refractivity contribution in [1.29, 1.82) is 0 Å². The SMILES string of the molecule is Cc1ccc(NC(=O)CSc2nnc(NC(=O)c3ccco3)s2)cc1Cl. The number of benzene rings is 1. The number of hydrogen-bond acceptors (Lipinski definition) is 7. The van der Waals surface area contributed by atoms with Crippen LogP contribution < -0.4 is 10.6 Å². The minimum Gasteiger partial charge on any atom is -0.459 e. The number of thioether (sulfide) groups is 1. The van der Waals surface area contributed by atoms with Crippen LogP contribution in [0.5, 0.6) is 0 Å². The third-order valence-electron chi connectivity index (χ3n) is 3.15. The predicted molar refractivity (Wildman–Crippen MR) is 102 cm³/mol. The summed E-state index contributed by atoms with van der Waals surface area (Å²) >= 11 is 8.44. The maximum atomic E-state index is 12.0. The molecule has 10 heteroatoms. The van der Waals surface area contributed by atoms with Crippen LogP contribution in [0, 0.1) is 6.92 Å². The van der Waals surface area contributed by atoms with Gasteiger partial charge in [-0.3, -0.25) is 14.9 Å². The Bertz CT molecular complexity index is 927. The lowest BCUT2D eigenvalue weighted by Crippen LogP contribution is -2.13. The molecule has 134 valence electrons. The van der Waals surface area contributed by atoms with Gasteiger partial charge < -0.3 is 9.73 Å². The molecule has 0 aliphatic carbocycles. The van der Waals surface area contributed by atoms with Gasteiger partial charge in [0.15, 0.2) is 10.1 Å². The Morgan fingerprint density at radius 2 is 2.12 bits per heavy atom. The normalized spacial score (nSPS) is 10.5. The van der Waals surface area contributed by atoms with Crippen LogP contribution in [0.2, 0.25) is 5.02 Å². The smallest absolute Gasteiger partial charge is 0.293 e. The first-order valence-corrected chi connectivity index (χ1v) is 9.56. The number of carbonyl (C=O) groups is 2. The zero-order valence-electron chi connectivity index (χ0n) is 13.5. The van der Waals surface area contributed by atoms with Gasteiger partial charge in [-0.2, -0.15) is 0 Å². The van der Waals surface area contributed by atoms with Crippen molar-refractivity contribution in [3.05, 3.63) is 52.9 Å². The summed E-state index contributed by atoms with van der Waals surface area (Å²) in [7, 11) is 0. The molecule has 2 heterocycles. The van der Waals surface area contributed by atoms with Crippen LogP contribution in [0.15, 0.2) is 45.4 Å². The van der Waals surface area contributed by atoms with Gasteiger partial charge in [0.25, 0.3) is 5.91 Å². The highest BCUT2D eigenvalue weighted by Gasteiger charge is 2.13. The number of aryl methyl sites for hydroxylation is 1. The first-order chi connectivity index (χ1) is 12.5. The summed E-state index contributed by atoms with van der Waals surface area (Å²) < 4.78 is 5.57. The molecule has 3 aromatic rings. The summed E-state index contributed by atoms with van der Waals surface area (Å²) in [5, 5.41) is 14.1. The highest BCUT2D eigenvalue weighted by atomic mass is 35.5. The lowest BCUT2D eigenvalue weighted by atomic mass is 10.2. The highest BCUT2D eigenvalue weighted by molar-refractivity contribution is 8.01. The standard InChI is InChI=1S/C16H13ClN4O3S2/c1-9-4-5-10(7-11(9)17)18-13(22)8-25-16-21-20-15(26-16)19-14(23)12-3-2-6-24-12/h2-7H,8H2,1H3,(H,18,22)(H,19,20,23). The van der Waals surface area contributed by atoms with E-state index in [0.717, 1.165) is 5.56 Å². The van der Waals surface area contributed by atoms with Crippen LogP contribution in [0.1, 0.15) is 16.1 Å². The summed E-state index contributed by atoms with van der Waals surface area (Å²) in [5.41, 5.74) is 1.58. The van der Waals surface area contributed by atoms with E-state index >= 15 is 0 Å². The van der Waals surface area contributed by atoms with Gasteiger partial charge in [0.05, 0.1) is 12.0 Å². The fourth-order valence-electron chi connectivity index (χ4n) is 1.88. The fraction of sp³-hybridized carbons (Fsp3) is 0.125. The molecule has 2 amide bonds. The van der Waals surface area contributed by atoms with Gasteiger partial charge in [0.2, 0.25) is 11.0 Å². The molecule has 0 saturated heterocycles. The summed E-state index contributed by atoms with van der Waals surface area (Å²) in [4.78, 5) is 23.9. The molecule has 0 atom stereocenters. The van der Waals surface area contributed by atoms with E-state index in [0.29, 0.717) is 20.2 Å². The number of amides is 2. The van der Waals surface area contributed by atoms with Gasteiger partial charge in [-0.25, -0.2) is 0 Å². The van der Waals surface area contributed by atoms with Crippen LogP contribution >= 0.6 is 34.7 Å². The highest BCUT2D eigenvalue weighted by Crippen LogP contribution is 2.26.